The summed E-state index contributed by atoms with van der Waals surface area (Å²) in [6, 6.07) is 2.47. The zero-order chi connectivity index (χ0) is 28.0. The maximum atomic E-state index is 8.64. The number of nitriles is 7. The van der Waals surface area contributed by atoms with E-state index >= 15 is 0 Å². The van der Waals surface area contributed by atoms with E-state index in [1.54, 1.807) is 0 Å². The van der Waals surface area contributed by atoms with Crippen LogP contribution in [0.4, 0.5) is 0 Å². The molecule has 1 fully saturated rings. The Bertz CT molecular complexity index is 616. The van der Waals surface area contributed by atoms with Crippen molar-refractivity contribution in [1.82, 2.24) is 0 Å². The van der Waals surface area contributed by atoms with Gasteiger partial charge in [0.1, 0.15) is 0 Å². The monoisotopic (exact) mass is 755 g/mol. The van der Waals surface area contributed by atoms with Crippen LogP contribution in [0, 0.1) is 91.3 Å². The number of hydrogen-bond donors (Lipinski definition) is 0. The van der Waals surface area contributed by atoms with Gasteiger partial charge in [0.05, 0.1) is 0 Å². The van der Waals surface area contributed by atoms with E-state index in [0.717, 1.165) is 27.8 Å². The van der Waals surface area contributed by atoms with Crippen molar-refractivity contribution in [3.8, 4) is 42.6 Å². The quantitative estimate of drug-likeness (QED) is 0.0831. The number of carbonyl (C=O) groups excluding carboxylic acids is 2. The van der Waals surface area contributed by atoms with E-state index in [1.807, 2.05) is 0 Å². The topological polar surface area (TPSA) is 298 Å². The Morgan fingerprint density at radius 1 is 0.750 bits per heavy atom. The normalized spacial score (nSPS) is 5.09. The second-order valence-corrected chi connectivity index (χ2v) is 2.73. The van der Waals surface area contributed by atoms with Crippen molar-refractivity contribution < 1.29 is 302 Å². The zero-order valence-corrected chi connectivity index (χ0v) is 44.1. The van der Waals surface area contributed by atoms with E-state index < -0.39 is 0 Å². The van der Waals surface area contributed by atoms with Crippen molar-refractivity contribution in [2.75, 3.05) is 13.2 Å². The van der Waals surface area contributed by atoms with Crippen molar-refractivity contribution in [2.24, 2.45) is 0 Å². The number of rotatable bonds is 2. The zero-order valence-electron chi connectivity index (χ0n) is 25.7. The minimum atomic E-state index is -0.181. The molecule has 1 aliphatic rings. The van der Waals surface area contributed by atoms with Crippen molar-refractivity contribution >= 4 is 71.1 Å². The Kier molecular flexibility index (Phi) is 616. The van der Waals surface area contributed by atoms with Crippen molar-refractivity contribution in [2.45, 2.75) is 50.0 Å². The van der Waals surface area contributed by atoms with E-state index in [4.69, 9.17) is 73.5 Å². The van der Waals surface area contributed by atoms with Crippen LogP contribution >= 0.6 is 0 Å². The maximum absolute atomic E-state index is 8.64. The molecule has 1 saturated heterocycles. The Labute approximate surface area is 513 Å². The minimum absolute atomic E-state index is 0. The molecule has 44 heavy (non-hydrogen) atoms. The van der Waals surface area contributed by atoms with Crippen LogP contribution in [-0.2, 0) is 24.1 Å². The molecule has 0 aromatic carbocycles. The van der Waals surface area contributed by atoms with Gasteiger partial charge in [-0.1, -0.05) is 44.4 Å². The third kappa shape index (κ3) is 337. The van der Waals surface area contributed by atoms with E-state index in [0.29, 0.717) is 0 Å². The van der Waals surface area contributed by atoms with Crippen LogP contribution in [0.5, 0.6) is 0 Å². The van der Waals surface area contributed by atoms with E-state index in [1.165, 1.54) is 92.5 Å². The third-order valence-corrected chi connectivity index (χ3v) is 1.21. The fourth-order valence-corrected chi connectivity index (χ4v) is 0.568. The van der Waals surface area contributed by atoms with Gasteiger partial charge in [-0.05, 0) is 12.8 Å². The van der Waals surface area contributed by atoms with Gasteiger partial charge in [-0.3, -0.25) is 20.1 Å². The second-order valence-electron chi connectivity index (χ2n) is 2.73. The summed E-state index contributed by atoms with van der Waals surface area (Å²) in [6.45, 7) is 9.89. The molecule has 0 spiro atoms. The summed E-state index contributed by atoms with van der Waals surface area (Å²) >= 11 is 2.89. The molecule has 0 aromatic rings. The van der Waals surface area contributed by atoms with Gasteiger partial charge in [0.2, 0.25) is 0 Å². The average molecular weight is 755 g/mol. The van der Waals surface area contributed by atoms with Gasteiger partial charge in [0.15, 0.2) is 12.1 Å². The third-order valence-electron chi connectivity index (χ3n) is 1.21. The molecule has 0 bridgehead atoms. The molecule has 1 heterocycles. The van der Waals surface area contributed by atoms with Gasteiger partial charge >= 0.3 is 316 Å². The SMILES string of the molecule is C.C.C.C.C.C#N.C1CCOC1.N#CC#N.N#C[B-]C#N.N#C[B]C#N.O=CO[O-].O=CO[O-].[C-]#N.[H-].[H-].[K+].[K+].[K+].[K+].[Na+].[Na+].[Na][Na]. The number of ether oxygens (including phenoxy) is 1. The molecule has 0 amide bonds. The summed E-state index contributed by atoms with van der Waals surface area (Å²) < 4.78 is 4.94. The van der Waals surface area contributed by atoms with Gasteiger partial charge in [0, 0.05) is 31.7 Å². The second kappa shape index (κ2) is 217. The van der Waals surface area contributed by atoms with Gasteiger partial charge in [-0.15, -0.1) is 0 Å². The molecule has 3 radical (unpaired) electrons. The molecule has 1 rings (SSSR count). The first-order valence-electron chi connectivity index (χ1n) is 7.58. The summed E-state index contributed by atoms with van der Waals surface area (Å²) in [6.07, 6.45) is 2.56. The Balaban J connectivity index is -0.00000000789. The predicted octanol–water partition coefficient (Wildman–Crippen LogP) is -18.1. The first kappa shape index (κ1) is 125. The van der Waals surface area contributed by atoms with Gasteiger partial charge < -0.3 is 39.7 Å². The summed E-state index contributed by atoms with van der Waals surface area (Å²) in [5.74, 6) is 6.12. The molecule has 15 nitrogen and oxygen atoms in total. The molecule has 0 aromatic heterocycles. The van der Waals surface area contributed by atoms with Crippen LogP contribution in [0.15, 0.2) is 0 Å². The van der Waals surface area contributed by atoms with Crippen molar-refractivity contribution in [1.29, 1.82) is 42.1 Å². The van der Waals surface area contributed by atoms with Crippen LogP contribution in [0.1, 0.15) is 52.8 Å². The van der Waals surface area contributed by atoms with Crippen LogP contribution in [-0.4, -0.2) is 84.3 Å². The van der Waals surface area contributed by atoms with Gasteiger partial charge in [-0.2, -0.15) is 10.5 Å². The molecule has 25 heteroatoms. The molecule has 0 atom stereocenters. The number of nitrogens with zero attached hydrogens (tertiary/aromatic N) is 8. The van der Waals surface area contributed by atoms with Crippen LogP contribution in [0.25, 0.3) is 0 Å². The summed E-state index contributed by atoms with van der Waals surface area (Å²) in [5.41, 5.74) is 0. The summed E-state index contributed by atoms with van der Waals surface area (Å²) in [4.78, 5) is 22.5. The van der Waals surface area contributed by atoms with Crippen LogP contribution in [0.3, 0.4) is 0 Å². The number of carbonyl (C=O) groups is 2. The van der Waals surface area contributed by atoms with E-state index in [9.17, 15) is 0 Å². The van der Waals surface area contributed by atoms with Crippen molar-refractivity contribution in [3.05, 3.63) is 6.57 Å². The molecular formula is C19H33B2K4N8Na4O7. The number of hydrogen-bond acceptors (Lipinski definition) is 15. The molecule has 0 N–H and O–H groups in total. The molecular weight excluding hydrogens is 722 g/mol. The summed E-state index contributed by atoms with van der Waals surface area (Å²) in [5, 5.41) is 74.3. The predicted molar refractivity (Wildman–Crippen MR) is 139 cm³/mol. The van der Waals surface area contributed by atoms with E-state index in [2.05, 4.69) is 16.3 Å². The van der Waals surface area contributed by atoms with E-state index in [-0.39, 0.29) is 318 Å². The first-order chi connectivity index (χ1) is 16.1. The molecule has 0 unspecified atom stereocenters. The Hall–Kier alpha value is 5.42. The molecule has 1 aliphatic heterocycles. The fraction of sp³-hybridized carbons (Fsp3) is 0.474. The Morgan fingerprint density at radius 3 is 0.977 bits per heavy atom. The molecule has 0 aliphatic carbocycles. The van der Waals surface area contributed by atoms with Crippen molar-refractivity contribution in [3.63, 3.8) is 0 Å². The van der Waals surface area contributed by atoms with Gasteiger partial charge in [-0.25, -0.2) is 27.7 Å². The Morgan fingerprint density at radius 2 is 0.955 bits per heavy atom. The molecule has 0 saturated carbocycles. The first-order valence-corrected chi connectivity index (χ1v) is 15.6. The summed E-state index contributed by atoms with van der Waals surface area (Å²) in [7, 11) is 1.72. The van der Waals surface area contributed by atoms with Crippen LogP contribution in [0.2, 0.25) is 0 Å². The fourth-order valence-electron chi connectivity index (χ4n) is 0.568. The molecule has 205 valence electrons. The standard InChI is InChI=1S/C4H8O.2C2BN2.C2N2.CHN.CN.2CH2O3.5CH4.4K.4Na.2H/c1-2-4-5-3-1;2*4-1-3-2-5;3-1-2-4;2*1-2;2*2-1-4-3;;;;;;;;;;;;;;;/h1-4H2;;;;1H;;2*1,3H;5*1H4;;;;;;;;;;/q;;-1;;;-1;;;;;;;;4*+1;;;2*+1;2*-1/p-2. The van der Waals surface area contributed by atoms with Crippen LogP contribution < -0.4 is 275 Å². The van der Waals surface area contributed by atoms with Gasteiger partial charge in [0.25, 0.3) is 12.9 Å². The average Bonchev–Trinajstić information content (AvgIpc) is 3.50.